The Kier molecular flexibility index (Phi) is 12.5. The van der Waals surface area contributed by atoms with Crippen molar-refractivity contribution in [1.29, 1.82) is 0 Å². The molecule has 0 N–H and O–H groups in total. The number of esters is 2. The van der Waals surface area contributed by atoms with Crippen LogP contribution in [0.4, 0.5) is 0 Å². The second-order valence-corrected chi connectivity index (χ2v) is 5.98. The van der Waals surface area contributed by atoms with Crippen molar-refractivity contribution in [2.24, 2.45) is 5.92 Å². The summed E-state index contributed by atoms with van der Waals surface area (Å²) in [5.74, 6) is -0.0898. The predicted octanol–water partition coefficient (Wildman–Crippen LogP) is 2.82. The van der Waals surface area contributed by atoms with Crippen LogP contribution in [0.2, 0.25) is 0 Å². The van der Waals surface area contributed by atoms with Gasteiger partial charge < -0.3 is 18.9 Å². The van der Waals surface area contributed by atoms with Crippen molar-refractivity contribution in [3.8, 4) is 0 Å². The second-order valence-electron chi connectivity index (χ2n) is 5.98. The Labute approximate surface area is 150 Å². The molecule has 0 amide bonds. The third kappa shape index (κ3) is 13.3. The molecule has 0 spiro atoms. The second kappa shape index (κ2) is 14.7. The van der Waals surface area contributed by atoms with Crippen LogP contribution in [-0.2, 0) is 28.5 Å². The lowest BCUT2D eigenvalue weighted by atomic mass is 9.98. The van der Waals surface area contributed by atoms with Crippen molar-refractivity contribution in [2.45, 2.75) is 39.0 Å². The number of allylic oxidation sites excluding steroid dienone is 2. The summed E-state index contributed by atoms with van der Waals surface area (Å²) in [4.78, 5) is 23.0. The van der Waals surface area contributed by atoms with Crippen molar-refractivity contribution in [3.63, 3.8) is 0 Å². The van der Waals surface area contributed by atoms with Crippen molar-refractivity contribution in [2.75, 3.05) is 39.6 Å². The van der Waals surface area contributed by atoms with Gasteiger partial charge >= 0.3 is 11.9 Å². The van der Waals surface area contributed by atoms with E-state index in [0.29, 0.717) is 32.3 Å². The molecular formula is C19H30O6. The normalized spacial score (nSPS) is 26.4. The maximum Gasteiger partial charge on any atom is 0.330 e. The first-order valence-corrected chi connectivity index (χ1v) is 9.00. The molecule has 6 nitrogen and oxygen atoms in total. The quantitative estimate of drug-likeness (QED) is 0.623. The van der Waals surface area contributed by atoms with E-state index in [-0.39, 0.29) is 25.2 Å². The number of carbonyl (C=O) groups excluding carboxylic acids is 2. The van der Waals surface area contributed by atoms with Gasteiger partial charge in [0.2, 0.25) is 0 Å². The Morgan fingerprint density at radius 1 is 0.760 bits per heavy atom. The zero-order valence-corrected chi connectivity index (χ0v) is 15.1. The minimum absolute atomic E-state index is 0.226. The summed E-state index contributed by atoms with van der Waals surface area (Å²) in [5, 5.41) is 0. The Morgan fingerprint density at radius 3 is 1.88 bits per heavy atom. The molecule has 0 aromatic carbocycles. The number of carbonyl (C=O) groups is 2. The van der Waals surface area contributed by atoms with Gasteiger partial charge in [-0.15, -0.1) is 0 Å². The summed E-state index contributed by atoms with van der Waals surface area (Å²) in [6.07, 6.45) is 11.5. The molecule has 0 aromatic heterocycles. The van der Waals surface area contributed by atoms with Crippen molar-refractivity contribution < 1.29 is 28.5 Å². The van der Waals surface area contributed by atoms with Crippen LogP contribution in [0.5, 0.6) is 0 Å². The van der Waals surface area contributed by atoms with E-state index in [4.69, 9.17) is 18.9 Å². The van der Waals surface area contributed by atoms with Crippen LogP contribution >= 0.6 is 0 Å². The Morgan fingerprint density at radius 2 is 1.28 bits per heavy atom. The first-order chi connectivity index (χ1) is 12.2. The highest BCUT2D eigenvalue weighted by Crippen LogP contribution is 2.14. The Balaban J connectivity index is 2.34. The third-order valence-electron chi connectivity index (χ3n) is 3.72. The molecule has 0 bridgehead atoms. The SMILES string of the molecule is CC1CC/C=C/C(=O)OCCOCCOCCOC(=O)/C=C/CCC1. The molecule has 6 heteroatoms. The predicted molar refractivity (Wildman–Crippen MR) is 94.1 cm³/mol. The fourth-order valence-corrected chi connectivity index (χ4v) is 2.29. The van der Waals surface area contributed by atoms with E-state index in [9.17, 15) is 9.59 Å². The molecule has 1 unspecified atom stereocenters. The van der Waals surface area contributed by atoms with E-state index in [0.717, 1.165) is 32.1 Å². The molecule has 0 aromatic rings. The molecule has 1 heterocycles. The largest absolute Gasteiger partial charge is 0.460 e. The summed E-state index contributed by atoms with van der Waals surface area (Å²) in [5.41, 5.74) is 0. The van der Waals surface area contributed by atoms with Crippen LogP contribution < -0.4 is 0 Å². The van der Waals surface area contributed by atoms with Crippen LogP contribution in [0.15, 0.2) is 24.3 Å². The van der Waals surface area contributed by atoms with Gasteiger partial charge in [0.25, 0.3) is 0 Å². The van der Waals surface area contributed by atoms with Crippen LogP contribution in [0.3, 0.4) is 0 Å². The van der Waals surface area contributed by atoms with Gasteiger partial charge in [0, 0.05) is 12.2 Å². The lowest BCUT2D eigenvalue weighted by Crippen LogP contribution is -2.14. The minimum atomic E-state index is -0.332. The first kappa shape index (κ1) is 21.4. The molecule has 25 heavy (non-hydrogen) atoms. The van der Waals surface area contributed by atoms with E-state index in [1.807, 2.05) is 12.2 Å². The van der Waals surface area contributed by atoms with E-state index >= 15 is 0 Å². The summed E-state index contributed by atoms with van der Waals surface area (Å²) in [7, 11) is 0. The highest BCUT2D eigenvalue weighted by Gasteiger charge is 2.02. The maximum atomic E-state index is 11.5. The number of rotatable bonds is 0. The molecule has 1 aliphatic heterocycles. The Hall–Kier alpha value is -1.66. The van der Waals surface area contributed by atoms with Crippen LogP contribution in [0, 0.1) is 5.92 Å². The molecule has 0 saturated heterocycles. The lowest BCUT2D eigenvalue weighted by molar-refractivity contribution is -0.141. The molecule has 1 rings (SSSR count). The molecule has 0 radical (unpaired) electrons. The Bertz CT molecular complexity index is 430. The smallest absolute Gasteiger partial charge is 0.330 e. The fraction of sp³-hybridized carbons (Fsp3) is 0.684. The molecular weight excluding hydrogens is 324 g/mol. The van der Waals surface area contributed by atoms with E-state index < -0.39 is 0 Å². The van der Waals surface area contributed by atoms with Crippen LogP contribution in [0.1, 0.15) is 39.0 Å². The van der Waals surface area contributed by atoms with Gasteiger partial charge in [-0.1, -0.05) is 25.5 Å². The topological polar surface area (TPSA) is 71.1 Å². The van der Waals surface area contributed by atoms with Gasteiger partial charge in [0.15, 0.2) is 0 Å². The number of hydrogen-bond donors (Lipinski definition) is 0. The molecule has 0 saturated carbocycles. The van der Waals surface area contributed by atoms with Gasteiger partial charge in [-0.05, 0) is 31.6 Å². The van der Waals surface area contributed by atoms with Crippen molar-refractivity contribution >= 4 is 11.9 Å². The van der Waals surface area contributed by atoms with Gasteiger partial charge in [0.05, 0.1) is 26.4 Å². The molecule has 0 fully saturated rings. The van der Waals surface area contributed by atoms with Gasteiger partial charge in [0.1, 0.15) is 13.2 Å². The number of hydrogen-bond acceptors (Lipinski definition) is 6. The zero-order valence-electron chi connectivity index (χ0n) is 15.1. The van der Waals surface area contributed by atoms with Crippen LogP contribution in [-0.4, -0.2) is 51.6 Å². The zero-order chi connectivity index (χ0) is 18.2. The van der Waals surface area contributed by atoms with E-state index in [1.165, 1.54) is 12.2 Å². The molecule has 1 aliphatic rings. The standard InChI is InChI=1S/C19H30O6/c1-17-7-3-2-4-9-18(20)24-15-13-22-11-12-23-14-16-25-19(21)10-6-5-8-17/h4,6,9-10,17H,2-3,5,7-8,11-16H2,1H3/b9-4+,10-6+. The van der Waals surface area contributed by atoms with E-state index in [1.54, 1.807) is 0 Å². The summed E-state index contributed by atoms with van der Waals surface area (Å²) >= 11 is 0. The molecule has 1 atom stereocenters. The lowest BCUT2D eigenvalue weighted by Gasteiger charge is -2.08. The van der Waals surface area contributed by atoms with Gasteiger partial charge in [-0.3, -0.25) is 0 Å². The van der Waals surface area contributed by atoms with Gasteiger partial charge in [-0.25, -0.2) is 9.59 Å². The summed E-state index contributed by atoms with van der Waals surface area (Å²) in [6.45, 7) is 4.12. The number of cyclic esters (lactones) is 2. The maximum absolute atomic E-state index is 11.5. The fourth-order valence-electron chi connectivity index (χ4n) is 2.29. The average Bonchev–Trinajstić information content (AvgIpc) is 2.59. The average molecular weight is 354 g/mol. The van der Waals surface area contributed by atoms with Crippen molar-refractivity contribution in [1.82, 2.24) is 0 Å². The third-order valence-corrected chi connectivity index (χ3v) is 3.72. The minimum Gasteiger partial charge on any atom is -0.460 e. The van der Waals surface area contributed by atoms with Gasteiger partial charge in [-0.2, -0.15) is 0 Å². The highest BCUT2D eigenvalue weighted by atomic mass is 16.6. The van der Waals surface area contributed by atoms with Crippen molar-refractivity contribution in [3.05, 3.63) is 24.3 Å². The summed E-state index contributed by atoms with van der Waals surface area (Å²) < 4.78 is 20.6. The van der Waals surface area contributed by atoms with E-state index in [2.05, 4.69) is 6.92 Å². The number of ether oxygens (including phenoxy) is 4. The highest BCUT2D eigenvalue weighted by molar-refractivity contribution is 5.82. The monoisotopic (exact) mass is 354 g/mol. The van der Waals surface area contributed by atoms with Crippen LogP contribution in [0.25, 0.3) is 0 Å². The first-order valence-electron chi connectivity index (χ1n) is 9.00. The molecule has 0 aliphatic carbocycles. The molecule has 142 valence electrons. The summed E-state index contributed by atoms with van der Waals surface area (Å²) in [6, 6.07) is 0.